The standard InChI is InChI=1S/C29H32F4O4/c1-2-3-19-36-26(25(30)20-34)27(35,29(31,32)33)21-37-28(22-13-7-4-8-14-22,23-15-9-5-10-16-23)24-17-11-6-12-18-24/h4-18,25-26,34-35H,2-3,19-21H2,1H3/t25-,26-,27?/m0/s1. The largest absolute Gasteiger partial charge is 0.422 e. The fourth-order valence-corrected chi connectivity index (χ4v) is 4.30. The van der Waals surface area contributed by atoms with Gasteiger partial charge in [0.15, 0.2) is 6.17 Å². The predicted octanol–water partition coefficient (Wildman–Crippen LogP) is 5.80. The van der Waals surface area contributed by atoms with E-state index >= 15 is 0 Å². The van der Waals surface area contributed by atoms with Gasteiger partial charge in [0.1, 0.15) is 11.7 Å². The van der Waals surface area contributed by atoms with Crippen LogP contribution in [0.15, 0.2) is 91.0 Å². The van der Waals surface area contributed by atoms with E-state index in [1.54, 1.807) is 97.9 Å². The van der Waals surface area contributed by atoms with Crippen LogP contribution in [-0.4, -0.2) is 54.1 Å². The number of unbranched alkanes of at least 4 members (excludes halogenated alkanes) is 1. The Morgan fingerprint density at radius 2 is 1.22 bits per heavy atom. The Hall–Kier alpha value is -2.78. The van der Waals surface area contributed by atoms with Gasteiger partial charge in [-0.15, -0.1) is 0 Å². The maximum atomic E-state index is 14.7. The highest BCUT2D eigenvalue weighted by atomic mass is 19.4. The van der Waals surface area contributed by atoms with Crippen molar-refractivity contribution in [1.82, 2.24) is 0 Å². The van der Waals surface area contributed by atoms with E-state index in [9.17, 15) is 27.8 Å². The Labute approximate surface area is 214 Å². The van der Waals surface area contributed by atoms with Gasteiger partial charge in [-0.25, -0.2) is 4.39 Å². The van der Waals surface area contributed by atoms with E-state index < -0.39 is 42.9 Å². The third-order valence-electron chi connectivity index (χ3n) is 6.31. The van der Waals surface area contributed by atoms with E-state index in [-0.39, 0.29) is 6.61 Å². The smallest absolute Gasteiger partial charge is 0.393 e. The number of halogens is 4. The van der Waals surface area contributed by atoms with Crippen molar-refractivity contribution in [3.05, 3.63) is 108 Å². The van der Waals surface area contributed by atoms with Gasteiger partial charge in [0.05, 0.1) is 13.2 Å². The molecule has 0 aliphatic rings. The second-order valence-corrected chi connectivity index (χ2v) is 8.83. The van der Waals surface area contributed by atoms with Crippen molar-refractivity contribution in [2.45, 2.75) is 49.4 Å². The normalized spacial score (nSPS) is 15.6. The van der Waals surface area contributed by atoms with E-state index in [1.807, 2.05) is 0 Å². The van der Waals surface area contributed by atoms with Crippen LogP contribution in [0.3, 0.4) is 0 Å². The molecule has 8 heteroatoms. The molecule has 3 aromatic rings. The molecule has 0 bridgehead atoms. The summed E-state index contributed by atoms with van der Waals surface area (Å²) >= 11 is 0. The molecule has 0 radical (unpaired) electrons. The molecule has 4 nitrogen and oxygen atoms in total. The molecule has 200 valence electrons. The van der Waals surface area contributed by atoms with Crippen molar-refractivity contribution in [2.24, 2.45) is 0 Å². The number of alkyl halides is 4. The van der Waals surface area contributed by atoms with Crippen LogP contribution in [0.2, 0.25) is 0 Å². The van der Waals surface area contributed by atoms with Gasteiger partial charge in [-0.2, -0.15) is 13.2 Å². The van der Waals surface area contributed by atoms with Crippen molar-refractivity contribution in [3.8, 4) is 0 Å². The van der Waals surface area contributed by atoms with E-state index in [0.717, 1.165) is 0 Å². The van der Waals surface area contributed by atoms with Gasteiger partial charge in [-0.05, 0) is 23.1 Å². The summed E-state index contributed by atoms with van der Waals surface area (Å²) in [4.78, 5) is 0. The van der Waals surface area contributed by atoms with Gasteiger partial charge in [0.25, 0.3) is 0 Å². The average molecular weight is 521 g/mol. The molecule has 3 rings (SSSR count). The highest BCUT2D eigenvalue weighted by Crippen LogP contribution is 2.44. The Bertz CT molecular complexity index is 967. The van der Waals surface area contributed by atoms with Gasteiger partial charge in [0.2, 0.25) is 5.60 Å². The maximum absolute atomic E-state index is 14.7. The molecule has 3 atom stereocenters. The van der Waals surface area contributed by atoms with Crippen molar-refractivity contribution < 1.29 is 37.2 Å². The summed E-state index contributed by atoms with van der Waals surface area (Å²) in [6.45, 7) is -1.03. The third-order valence-corrected chi connectivity index (χ3v) is 6.31. The minimum atomic E-state index is -5.33. The lowest BCUT2D eigenvalue weighted by Gasteiger charge is -2.42. The molecule has 0 aliphatic carbocycles. The maximum Gasteiger partial charge on any atom is 0.422 e. The van der Waals surface area contributed by atoms with Gasteiger partial charge in [-0.1, -0.05) is 104 Å². The first kappa shape index (κ1) is 28.8. The zero-order valence-electron chi connectivity index (χ0n) is 20.6. The van der Waals surface area contributed by atoms with Crippen LogP contribution in [0.5, 0.6) is 0 Å². The highest BCUT2D eigenvalue weighted by molar-refractivity contribution is 5.47. The molecule has 1 unspecified atom stereocenters. The highest BCUT2D eigenvalue weighted by Gasteiger charge is 2.63. The van der Waals surface area contributed by atoms with Crippen LogP contribution in [0.4, 0.5) is 17.6 Å². The monoisotopic (exact) mass is 520 g/mol. The predicted molar refractivity (Wildman–Crippen MR) is 133 cm³/mol. The second-order valence-electron chi connectivity index (χ2n) is 8.83. The fraction of sp³-hybridized carbons (Fsp3) is 0.379. The van der Waals surface area contributed by atoms with Crippen LogP contribution in [0, 0.1) is 0 Å². The summed E-state index contributed by atoms with van der Waals surface area (Å²) < 4.78 is 69.6. The third kappa shape index (κ3) is 6.21. The Morgan fingerprint density at radius 3 is 1.57 bits per heavy atom. The summed E-state index contributed by atoms with van der Waals surface area (Å²) in [7, 11) is 0. The summed E-state index contributed by atoms with van der Waals surface area (Å²) in [5.74, 6) is 0. The molecule has 0 amide bonds. The molecule has 0 aromatic heterocycles. The number of ether oxygens (including phenoxy) is 2. The number of hydrogen-bond acceptors (Lipinski definition) is 4. The number of aliphatic hydroxyl groups is 2. The van der Waals surface area contributed by atoms with Crippen LogP contribution >= 0.6 is 0 Å². The SMILES string of the molecule is CCCCO[C@@H]([C@@H](F)CO)C(O)(COC(c1ccccc1)(c1ccccc1)c1ccccc1)C(F)(F)F. The molecule has 0 fully saturated rings. The van der Waals surface area contributed by atoms with Gasteiger partial charge >= 0.3 is 6.18 Å². The van der Waals surface area contributed by atoms with E-state index in [4.69, 9.17) is 9.47 Å². The quantitative estimate of drug-likeness (QED) is 0.170. The lowest BCUT2D eigenvalue weighted by Crippen LogP contribution is -2.63. The van der Waals surface area contributed by atoms with E-state index in [0.29, 0.717) is 29.5 Å². The Balaban J connectivity index is 2.17. The Kier molecular flexibility index (Phi) is 9.84. The summed E-state index contributed by atoms with van der Waals surface area (Å²) in [6, 6.07) is 26.0. The van der Waals surface area contributed by atoms with Gasteiger partial charge < -0.3 is 19.7 Å². The van der Waals surface area contributed by atoms with Crippen LogP contribution in [0.25, 0.3) is 0 Å². The van der Waals surface area contributed by atoms with Crippen molar-refractivity contribution in [2.75, 3.05) is 19.8 Å². The zero-order chi connectivity index (χ0) is 26.9. The van der Waals surface area contributed by atoms with Crippen LogP contribution in [0.1, 0.15) is 36.5 Å². The minimum Gasteiger partial charge on any atom is -0.393 e. The van der Waals surface area contributed by atoms with Crippen molar-refractivity contribution >= 4 is 0 Å². The molecule has 0 spiro atoms. The molecule has 3 aromatic carbocycles. The molecular formula is C29H32F4O4. The van der Waals surface area contributed by atoms with Gasteiger partial charge in [0, 0.05) is 6.61 Å². The molecule has 0 saturated heterocycles. The minimum absolute atomic E-state index is 0.221. The first-order valence-electron chi connectivity index (χ1n) is 12.2. The molecule has 0 saturated carbocycles. The first-order chi connectivity index (χ1) is 17.7. The van der Waals surface area contributed by atoms with Crippen molar-refractivity contribution in [1.29, 1.82) is 0 Å². The van der Waals surface area contributed by atoms with Crippen LogP contribution < -0.4 is 0 Å². The lowest BCUT2D eigenvalue weighted by molar-refractivity contribution is -0.323. The summed E-state index contributed by atoms with van der Waals surface area (Å²) in [6.07, 6.45) is -9.29. The summed E-state index contributed by atoms with van der Waals surface area (Å²) in [5, 5.41) is 20.5. The average Bonchev–Trinajstić information content (AvgIpc) is 2.92. The number of hydrogen-bond donors (Lipinski definition) is 2. The fourth-order valence-electron chi connectivity index (χ4n) is 4.30. The van der Waals surface area contributed by atoms with Crippen molar-refractivity contribution in [3.63, 3.8) is 0 Å². The summed E-state index contributed by atoms with van der Waals surface area (Å²) in [5.41, 5.74) is -3.80. The first-order valence-corrected chi connectivity index (χ1v) is 12.2. The molecule has 2 N–H and O–H groups in total. The van der Waals surface area contributed by atoms with E-state index in [2.05, 4.69) is 0 Å². The molecule has 0 heterocycles. The second kappa shape index (κ2) is 12.6. The number of benzene rings is 3. The topological polar surface area (TPSA) is 58.9 Å². The zero-order valence-corrected chi connectivity index (χ0v) is 20.6. The van der Waals surface area contributed by atoms with E-state index in [1.165, 1.54) is 0 Å². The van der Waals surface area contributed by atoms with Gasteiger partial charge in [-0.3, -0.25) is 0 Å². The number of aliphatic hydroxyl groups excluding tert-OH is 1. The lowest BCUT2D eigenvalue weighted by atomic mass is 9.79. The van der Waals surface area contributed by atoms with Crippen LogP contribution in [-0.2, 0) is 15.1 Å². The molecular weight excluding hydrogens is 488 g/mol. The molecule has 0 aliphatic heterocycles. The number of rotatable bonds is 13. The Morgan fingerprint density at radius 1 is 0.784 bits per heavy atom. The molecule has 37 heavy (non-hydrogen) atoms.